The lowest BCUT2D eigenvalue weighted by Crippen LogP contribution is -2.47. The fourth-order valence-corrected chi connectivity index (χ4v) is 5.94. The van der Waals surface area contributed by atoms with Crippen molar-refractivity contribution in [2.45, 2.75) is 51.4 Å². The number of piperidine rings is 1. The SMILES string of the molecule is CCc1c(C(=O)C2CNCCC2C2(C#N)C=CC=CC2)ccc(C2CCC2)c1-c1nnc(N)o1. The molecule has 3 atom stereocenters. The number of anilines is 1. The Balaban J connectivity index is 1.59. The van der Waals surface area contributed by atoms with Crippen LogP contribution in [0, 0.1) is 28.6 Å². The van der Waals surface area contributed by atoms with Crippen LogP contribution in [0.1, 0.15) is 66.4 Å². The molecule has 1 saturated carbocycles. The number of nitrogens with zero attached hydrogens (tertiary/aromatic N) is 3. The van der Waals surface area contributed by atoms with E-state index in [0.717, 1.165) is 42.5 Å². The van der Waals surface area contributed by atoms with E-state index in [1.54, 1.807) is 0 Å². The highest BCUT2D eigenvalue weighted by Gasteiger charge is 2.45. The van der Waals surface area contributed by atoms with Gasteiger partial charge in [0.05, 0.1) is 11.5 Å². The van der Waals surface area contributed by atoms with Gasteiger partial charge in [-0.2, -0.15) is 5.26 Å². The number of rotatable bonds is 6. The predicted octanol–water partition coefficient (Wildman–Crippen LogP) is 4.58. The van der Waals surface area contributed by atoms with Gasteiger partial charge in [0.2, 0.25) is 5.89 Å². The maximum Gasteiger partial charge on any atom is 0.313 e. The third kappa shape index (κ3) is 3.76. The number of nitrogen functional groups attached to an aromatic ring is 1. The first-order chi connectivity index (χ1) is 16.6. The maximum atomic E-state index is 14.2. The zero-order valence-corrected chi connectivity index (χ0v) is 19.6. The molecule has 7 heteroatoms. The number of hydrogen-bond donors (Lipinski definition) is 2. The van der Waals surface area contributed by atoms with Crippen molar-refractivity contribution < 1.29 is 9.21 Å². The van der Waals surface area contributed by atoms with Crippen LogP contribution in [0.15, 0.2) is 40.9 Å². The molecule has 3 aliphatic rings. The summed E-state index contributed by atoms with van der Waals surface area (Å²) < 4.78 is 5.67. The molecular weight excluding hydrogens is 426 g/mol. The second-order valence-corrected chi connectivity index (χ2v) is 9.70. The van der Waals surface area contributed by atoms with Crippen molar-refractivity contribution in [2.75, 3.05) is 18.8 Å². The van der Waals surface area contributed by atoms with E-state index in [0.29, 0.717) is 36.8 Å². The fraction of sp³-hybridized carbons (Fsp3) is 0.481. The van der Waals surface area contributed by atoms with Crippen molar-refractivity contribution in [1.29, 1.82) is 5.26 Å². The van der Waals surface area contributed by atoms with Crippen molar-refractivity contribution in [3.8, 4) is 17.5 Å². The minimum atomic E-state index is -0.654. The Morgan fingerprint density at radius 2 is 2.15 bits per heavy atom. The molecule has 0 bridgehead atoms. The maximum absolute atomic E-state index is 14.2. The highest BCUT2D eigenvalue weighted by molar-refractivity contribution is 6.01. The van der Waals surface area contributed by atoms with Crippen molar-refractivity contribution in [1.82, 2.24) is 15.5 Å². The van der Waals surface area contributed by atoms with Gasteiger partial charge in [0.1, 0.15) is 0 Å². The summed E-state index contributed by atoms with van der Waals surface area (Å²) in [6.07, 6.45) is 13.5. The molecular formula is C27H31N5O2. The zero-order valence-electron chi connectivity index (χ0n) is 19.6. The van der Waals surface area contributed by atoms with Gasteiger partial charge in [0, 0.05) is 23.6 Å². The van der Waals surface area contributed by atoms with Crippen LogP contribution < -0.4 is 11.1 Å². The number of nitrogens with one attached hydrogen (secondary N) is 1. The van der Waals surface area contributed by atoms with Crippen LogP contribution in [0.2, 0.25) is 0 Å². The third-order valence-corrected chi connectivity index (χ3v) is 7.95. The first-order valence-corrected chi connectivity index (χ1v) is 12.3. The predicted molar refractivity (Wildman–Crippen MR) is 130 cm³/mol. The summed E-state index contributed by atoms with van der Waals surface area (Å²) in [6, 6.07) is 6.65. The molecule has 1 aromatic heterocycles. The van der Waals surface area contributed by atoms with E-state index in [1.807, 2.05) is 30.4 Å². The van der Waals surface area contributed by atoms with Gasteiger partial charge < -0.3 is 15.5 Å². The van der Waals surface area contributed by atoms with Crippen LogP contribution in [-0.4, -0.2) is 29.1 Å². The summed E-state index contributed by atoms with van der Waals surface area (Å²) in [6.45, 7) is 3.44. The molecule has 1 aromatic carbocycles. The van der Waals surface area contributed by atoms with Gasteiger partial charge in [-0.05, 0) is 61.6 Å². The van der Waals surface area contributed by atoms with E-state index in [2.05, 4.69) is 34.6 Å². The Labute approximate surface area is 200 Å². The second kappa shape index (κ2) is 9.19. The van der Waals surface area contributed by atoms with Crippen molar-refractivity contribution in [3.63, 3.8) is 0 Å². The molecule has 2 fully saturated rings. The molecule has 2 aliphatic carbocycles. The van der Waals surface area contributed by atoms with E-state index >= 15 is 0 Å². The molecule has 176 valence electrons. The largest absolute Gasteiger partial charge is 0.404 e. The van der Waals surface area contributed by atoms with Gasteiger partial charge in [-0.25, -0.2) is 0 Å². The van der Waals surface area contributed by atoms with Crippen LogP contribution in [0.25, 0.3) is 11.5 Å². The van der Waals surface area contributed by atoms with Crippen LogP contribution in [-0.2, 0) is 6.42 Å². The lowest BCUT2D eigenvalue weighted by atomic mass is 9.62. The number of aromatic nitrogens is 2. The highest BCUT2D eigenvalue weighted by Crippen LogP contribution is 2.46. The van der Waals surface area contributed by atoms with Gasteiger partial charge in [0.15, 0.2) is 5.78 Å². The van der Waals surface area contributed by atoms with E-state index in [9.17, 15) is 10.1 Å². The first-order valence-electron chi connectivity index (χ1n) is 12.3. The van der Waals surface area contributed by atoms with Crippen molar-refractivity contribution >= 4 is 11.8 Å². The molecule has 2 aromatic rings. The number of nitriles is 1. The lowest BCUT2D eigenvalue weighted by Gasteiger charge is -2.41. The average molecular weight is 458 g/mol. The summed E-state index contributed by atoms with van der Waals surface area (Å²) in [5, 5.41) is 21.7. The monoisotopic (exact) mass is 457 g/mol. The van der Waals surface area contributed by atoms with E-state index in [4.69, 9.17) is 10.2 Å². The molecule has 34 heavy (non-hydrogen) atoms. The van der Waals surface area contributed by atoms with Crippen LogP contribution >= 0.6 is 0 Å². The Morgan fingerprint density at radius 1 is 1.29 bits per heavy atom. The minimum absolute atomic E-state index is 0.0259. The molecule has 0 radical (unpaired) electrons. The Bertz CT molecular complexity index is 1190. The summed E-state index contributed by atoms with van der Waals surface area (Å²) >= 11 is 0. The number of Topliss-reactive ketones (excluding diaryl/α,β-unsaturated/α-hetero) is 1. The number of allylic oxidation sites excluding steroid dienone is 4. The number of hydrogen-bond acceptors (Lipinski definition) is 7. The smallest absolute Gasteiger partial charge is 0.313 e. The summed E-state index contributed by atoms with van der Waals surface area (Å²) in [4.78, 5) is 14.2. The molecule has 2 heterocycles. The molecule has 0 amide bonds. The zero-order chi connectivity index (χ0) is 23.7. The van der Waals surface area contributed by atoms with Crippen molar-refractivity contribution in [3.05, 3.63) is 53.1 Å². The van der Waals surface area contributed by atoms with Crippen LogP contribution in [0.3, 0.4) is 0 Å². The van der Waals surface area contributed by atoms with Gasteiger partial charge in [-0.1, -0.05) is 54.9 Å². The molecule has 5 rings (SSSR count). The third-order valence-electron chi connectivity index (χ3n) is 7.95. The van der Waals surface area contributed by atoms with Gasteiger partial charge in [-0.3, -0.25) is 4.79 Å². The van der Waals surface area contributed by atoms with Crippen LogP contribution in [0.5, 0.6) is 0 Å². The van der Waals surface area contributed by atoms with E-state index < -0.39 is 5.41 Å². The number of carbonyl (C=O) groups is 1. The Kier molecular flexibility index (Phi) is 6.09. The lowest BCUT2D eigenvalue weighted by molar-refractivity contribution is 0.0755. The summed E-state index contributed by atoms with van der Waals surface area (Å²) in [5.41, 5.74) is 8.78. The molecule has 1 saturated heterocycles. The Morgan fingerprint density at radius 3 is 2.76 bits per heavy atom. The average Bonchev–Trinajstić information content (AvgIpc) is 3.28. The van der Waals surface area contributed by atoms with E-state index in [-0.39, 0.29) is 23.6 Å². The number of ketones is 1. The van der Waals surface area contributed by atoms with Crippen LogP contribution in [0.4, 0.5) is 6.01 Å². The fourth-order valence-electron chi connectivity index (χ4n) is 5.94. The number of carbonyl (C=O) groups excluding carboxylic acids is 1. The Hall–Kier alpha value is -3.24. The topological polar surface area (TPSA) is 118 Å². The standard InChI is InChI=1S/C27H31N5O2/c1-2-18-20(10-9-19(17-7-6-8-17)23(18)25-31-32-26(29)34-25)24(33)21-15-30-14-11-22(21)27(16-28)12-4-3-5-13-27/h3-5,9-10,12,17,21-22,30H,2,6-8,11,13-15H2,1H3,(H2,29,32). The molecule has 0 spiro atoms. The highest BCUT2D eigenvalue weighted by atomic mass is 16.4. The minimum Gasteiger partial charge on any atom is -0.404 e. The molecule has 7 nitrogen and oxygen atoms in total. The molecule has 3 N–H and O–H groups in total. The van der Waals surface area contributed by atoms with Gasteiger partial charge >= 0.3 is 6.01 Å². The van der Waals surface area contributed by atoms with E-state index in [1.165, 1.54) is 6.42 Å². The summed E-state index contributed by atoms with van der Waals surface area (Å²) in [5.74, 6) is 0.567. The quantitative estimate of drug-likeness (QED) is 0.609. The normalized spacial score (nSPS) is 26.7. The molecule has 3 unspecified atom stereocenters. The first kappa shape index (κ1) is 22.5. The van der Waals surface area contributed by atoms with Gasteiger partial charge in [0.25, 0.3) is 0 Å². The van der Waals surface area contributed by atoms with Crippen molar-refractivity contribution in [2.24, 2.45) is 17.3 Å². The summed E-state index contributed by atoms with van der Waals surface area (Å²) in [7, 11) is 0. The molecule has 1 aliphatic heterocycles. The second-order valence-electron chi connectivity index (χ2n) is 9.70. The number of benzene rings is 1. The van der Waals surface area contributed by atoms with Gasteiger partial charge in [-0.15, -0.1) is 5.10 Å². The number of nitrogens with two attached hydrogens (primary N) is 1.